The van der Waals surface area contributed by atoms with E-state index in [4.69, 9.17) is 9.72 Å². The van der Waals surface area contributed by atoms with Gasteiger partial charge < -0.3 is 20.1 Å². The molecule has 1 aliphatic heterocycles. The summed E-state index contributed by atoms with van der Waals surface area (Å²) in [6.45, 7) is 0.540. The van der Waals surface area contributed by atoms with Gasteiger partial charge in [0, 0.05) is 50.3 Å². The molecule has 3 heterocycles. The van der Waals surface area contributed by atoms with Gasteiger partial charge in [0.25, 0.3) is 5.91 Å². The van der Waals surface area contributed by atoms with Crippen LogP contribution in [0, 0.1) is 0 Å². The Morgan fingerprint density at radius 1 is 1.25 bits per heavy atom. The van der Waals surface area contributed by atoms with Crippen molar-refractivity contribution in [2.45, 2.75) is 37.0 Å². The van der Waals surface area contributed by atoms with E-state index in [1.807, 2.05) is 29.6 Å². The molecule has 1 saturated heterocycles. The average molecular weight is 452 g/mol. The summed E-state index contributed by atoms with van der Waals surface area (Å²) in [4.78, 5) is 27.7. The number of aromatic nitrogens is 3. The first-order valence-corrected chi connectivity index (χ1v) is 11.5. The molecule has 0 bridgehead atoms. The quantitative estimate of drug-likeness (QED) is 0.594. The summed E-state index contributed by atoms with van der Waals surface area (Å²) in [5.41, 5.74) is 1.50. The van der Waals surface area contributed by atoms with Crippen molar-refractivity contribution in [1.82, 2.24) is 19.9 Å². The van der Waals surface area contributed by atoms with Gasteiger partial charge in [0.1, 0.15) is 10.7 Å². The lowest BCUT2D eigenvalue weighted by molar-refractivity contribution is -0.143. The molecule has 3 aromatic rings. The molecule has 1 aliphatic carbocycles. The molecule has 9 heteroatoms. The summed E-state index contributed by atoms with van der Waals surface area (Å²) in [6.07, 6.45) is 4.33. The molecule has 1 amide bonds. The Morgan fingerprint density at radius 2 is 2.09 bits per heavy atom. The zero-order chi connectivity index (χ0) is 22.3. The van der Waals surface area contributed by atoms with Crippen molar-refractivity contribution in [3.05, 3.63) is 47.5 Å². The van der Waals surface area contributed by atoms with Crippen LogP contribution in [-0.4, -0.2) is 63.7 Å². The maximum atomic E-state index is 12.5. The van der Waals surface area contributed by atoms with Crippen LogP contribution in [0.3, 0.4) is 0 Å². The Kier molecular flexibility index (Phi) is 5.40. The second-order valence-electron chi connectivity index (χ2n) is 8.39. The van der Waals surface area contributed by atoms with Crippen molar-refractivity contribution in [3.8, 4) is 22.0 Å². The zero-order valence-electron chi connectivity index (χ0n) is 18.0. The molecule has 2 aliphatic rings. The topological polar surface area (TPSA) is 100 Å². The van der Waals surface area contributed by atoms with Crippen molar-refractivity contribution in [3.63, 3.8) is 0 Å². The first-order valence-electron chi connectivity index (χ1n) is 10.6. The first-order chi connectivity index (χ1) is 15.5. The summed E-state index contributed by atoms with van der Waals surface area (Å²) in [6, 6.07) is 9.62. The molecule has 32 heavy (non-hydrogen) atoms. The van der Waals surface area contributed by atoms with Crippen molar-refractivity contribution in [2.75, 3.05) is 26.0 Å². The van der Waals surface area contributed by atoms with Crippen LogP contribution in [-0.2, 0) is 15.1 Å². The molecule has 2 aromatic heterocycles. The first kappa shape index (κ1) is 21.0. The highest BCUT2D eigenvalue weighted by Crippen LogP contribution is 2.36. The van der Waals surface area contributed by atoms with Gasteiger partial charge in [-0.15, -0.1) is 11.3 Å². The molecule has 1 saturated carbocycles. The van der Waals surface area contributed by atoms with Gasteiger partial charge in [0.05, 0.1) is 11.8 Å². The number of thiazole rings is 1. The largest absolute Gasteiger partial charge is 0.381 e. The van der Waals surface area contributed by atoms with Gasteiger partial charge in [-0.05, 0) is 30.5 Å². The molecule has 5 rings (SSSR count). The number of anilines is 1. The monoisotopic (exact) mass is 451 g/mol. The van der Waals surface area contributed by atoms with E-state index in [1.165, 1.54) is 11.3 Å². The number of ether oxygens (including phenoxy) is 1. The Morgan fingerprint density at radius 3 is 2.84 bits per heavy atom. The summed E-state index contributed by atoms with van der Waals surface area (Å²) < 4.78 is 5.32. The van der Waals surface area contributed by atoms with Gasteiger partial charge in [-0.25, -0.2) is 15.0 Å². The highest BCUT2D eigenvalue weighted by atomic mass is 32.1. The predicted molar refractivity (Wildman–Crippen MR) is 122 cm³/mol. The fourth-order valence-corrected chi connectivity index (χ4v) is 5.00. The number of amides is 1. The number of hydrogen-bond donors (Lipinski definition) is 2. The van der Waals surface area contributed by atoms with Crippen LogP contribution in [0.25, 0.3) is 22.0 Å². The minimum atomic E-state index is -1.47. The number of rotatable bonds is 6. The van der Waals surface area contributed by atoms with Gasteiger partial charge in [-0.2, -0.15) is 0 Å². The SMILES string of the molecule is COC1CC(Nc2nccc(-c3csc(-c4cccc(C5(O)CCN(C)C5=O)c4)n3)n2)C1. The highest BCUT2D eigenvalue weighted by Gasteiger charge is 2.45. The van der Waals surface area contributed by atoms with E-state index in [0.29, 0.717) is 36.6 Å². The maximum absolute atomic E-state index is 12.5. The fourth-order valence-electron chi connectivity index (χ4n) is 4.18. The second-order valence-corrected chi connectivity index (χ2v) is 9.25. The number of benzene rings is 1. The molecule has 1 unspecified atom stereocenters. The summed E-state index contributed by atoms with van der Waals surface area (Å²) in [5.74, 6) is 0.323. The van der Waals surface area contributed by atoms with Crippen LogP contribution >= 0.6 is 11.3 Å². The molecule has 1 atom stereocenters. The van der Waals surface area contributed by atoms with Crippen LogP contribution < -0.4 is 5.32 Å². The number of carbonyl (C=O) groups is 1. The van der Waals surface area contributed by atoms with Crippen LogP contribution in [0.1, 0.15) is 24.8 Å². The molecule has 1 aromatic carbocycles. The number of likely N-dealkylation sites (tertiary alicyclic amines) is 1. The van der Waals surface area contributed by atoms with Crippen LogP contribution in [0.4, 0.5) is 5.95 Å². The van der Waals surface area contributed by atoms with Gasteiger partial charge in [0.2, 0.25) is 5.95 Å². The van der Waals surface area contributed by atoms with Crippen molar-refractivity contribution < 1.29 is 14.6 Å². The normalized spacial score (nSPS) is 25.1. The van der Waals surface area contributed by atoms with E-state index in [1.54, 1.807) is 31.3 Å². The van der Waals surface area contributed by atoms with Gasteiger partial charge in [0.15, 0.2) is 5.60 Å². The Balaban J connectivity index is 1.36. The van der Waals surface area contributed by atoms with E-state index in [2.05, 4.69) is 15.3 Å². The maximum Gasteiger partial charge on any atom is 0.258 e. The van der Waals surface area contributed by atoms with Crippen LogP contribution in [0.5, 0.6) is 0 Å². The number of hydrogen-bond acceptors (Lipinski definition) is 8. The lowest BCUT2D eigenvalue weighted by atomic mass is 9.89. The van der Waals surface area contributed by atoms with Crippen molar-refractivity contribution in [2.24, 2.45) is 0 Å². The highest BCUT2D eigenvalue weighted by molar-refractivity contribution is 7.13. The molecule has 0 radical (unpaired) electrons. The predicted octanol–water partition coefficient (Wildman–Crippen LogP) is 2.91. The Bertz CT molecular complexity index is 1150. The molecule has 166 valence electrons. The van der Waals surface area contributed by atoms with Crippen molar-refractivity contribution >= 4 is 23.2 Å². The third-order valence-electron chi connectivity index (χ3n) is 6.28. The number of likely N-dealkylation sites (N-methyl/N-ethyl adjacent to an activating group) is 1. The third kappa shape index (κ3) is 3.76. The Hall–Kier alpha value is -2.88. The average Bonchev–Trinajstić information content (AvgIpc) is 3.38. The van der Waals surface area contributed by atoms with E-state index in [0.717, 1.165) is 34.8 Å². The summed E-state index contributed by atoms with van der Waals surface area (Å²) in [5, 5.41) is 17.1. The summed E-state index contributed by atoms with van der Waals surface area (Å²) in [7, 11) is 3.45. The van der Waals surface area contributed by atoms with E-state index < -0.39 is 5.60 Å². The number of nitrogens with zero attached hydrogens (tertiary/aromatic N) is 4. The lowest BCUT2D eigenvalue weighted by Gasteiger charge is -2.34. The van der Waals surface area contributed by atoms with E-state index in [-0.39, 0.29) is 5.91 Å². The third-order valence-corrected chi connectivity index (χ3v) is 7.17. The van der Waals surface area contributed by atoms with Crippen LogP contribution in [0.15, 0.2) is 41.9 Å². The minimum absolute atomic E-state index is 0.265. The number of aliphatic hydroxyl groups is 1. The standard InChI is InChI=1S/C23H25N5O3S/c1-28-9-7-23(30,21(28)29)15-5-3-4-14(10-15)20-26-19(13-32-20)18-6-8-24-22(27-18)25-16-11-17(12-16)31-2/h3-6,8,10,13,16-17,30H,7,9,11-12H2,1-2H3,(H,24,25,27). The van der Waals surface area contributed by atoms with Crippen LogP contribution in [0.2, 0.25) is 0 Å². The zero-order valence-corrected chi connectivity index (χ0v) is 18.8. The van der Waals surface area contributed by atoms with Gasteiger partial charge in [-0.3, -0.25) is 4.79 Å². The second kappa shape index (κ2) is 8.23. The minimum Gasteiger partial charge on any atom is -0.381 e. The van der Waals surface area contributed by atoms with E-state index in [9.17, 15) is 9.90 Å². The van der Waals surface area contributed by atoms with Gasteiger partial charge >= 0.3 is 0 Å². The number of methoxy groups -OCH3 is 1. The molecule has 2 fully saturated rings. The number of nitrogens with one attached hydrogen (secondary N) is 1. The molecule has 0 spiro atoms. The van der Waals surface area contributed by atoms with Gasteiger partial charge in [-0.1, -0.05) is 18.2 Å². The Labute approximate surface area is 190 Å². The van der Waals surface area contributed by atoms with E-state index >= 15 is 0 Å². The molecular formula is C23H25N5O3S. The number of carbonyl (C=O) groups excluding carboxylic acids is 1. The lowest BCUT2D eigenvalue weighted by Crippen LogP contribution is -2.40. The summed E-state index contributed by atoms with van der Waals surface area (Å²) >= 11 is 1.50. The molecular weight excluding hydrogens is 426 g/mol. The fraction of sp³-hybridized carbons (Fsp3) is 0.391. The molecule has 2 N–H and O–H groups in total. The smallest absolute Gasteiger partial charge is 0.258 e. The van der Waals surface area contributed by atoms with Crippen molar-refractivity contribution in [1.29, 1.82) is 0 Å². The molecule has 8 nitrogen and oxygen atoms in total.